The number of carbonyl (C=O) groups is 1. The topological polar surface area (TPSA) is 98.7 Å². The Labute approximate surface area is 163 Å². The van der Waals surface area contributed by atoms with Crippen LogP contribution in [0.3, 0.4) is 0 Å². The number of nitrogens with zero attached hydrogens (tertiary/aromatic N) is 5. The van der Waals surface area contributed by atoms with E-state index in [-0.39, 0.29) is 17.4 Å². The average Bonchev–Trinajstić information content (AvgIpc) is 3.25. The quantitative estimate of drug-likeness (QED) is 0.698. The molecule has 1 aliphatic rings. The van der Waals surface area contributed by atoms with Crippen LogP contribution in [0.4, 0.5) is 13.2 Å². The fourth-order valence-electron chi connectivity index (χ4n) is 2.87. The highest BCUT2D eigenvalue weighted by Gasteiger charge is 2.35. The summed E-state index contributed by atoms with van der Waals surface area (Å²) in [5, 5.41) is 9.76. The molecule has 3 heterocycles. The van der Waals surface area contributed by atoms with Gasteiger partial charge in [0.1, 0.15) is 5.69 Å². The Hall–Kier alpha value is -3.24. The van der Waals surface area contributed by atoms with Crippen molar-refractivity contribution in [2.24, 2.45) is 7.05 Å². The zero-order valence-electron chi connectivity index (χ0n) is 15.6. The molecule has 1 aliphatic carbocycles. The van der Waals surface area contributed by atoms with E-state index >= 15 is 0 Å². The molecule has 1 N–H and O–H groups in total. The fraction of sp³-hybridized carbons (Fsp3) is 0.389. The minimum atomic E-state index is -4.63. The number of aromatic nitrogens is 5. The number of hydrogen-bond acceptors (Lipinski definition) is 6. The van der Waals surface area contributed by atoms with Gasteiger partial charge in [0.25, 0.3) is 11.8 Å². The monoisotopic (exact) mass is 406 g/mol. The maximum absolute atomic E-state index is 12.8. The molecule has 1 amide bonds. The van der Waals surface area contributed by atoms with E-state index in [9.17, 15) is 18.0 Å². The molecule has 4 rings (SSSR count). The lowest BCUT2D eigenvalue weighted by atomic mass is 10.2. The van der Waals surface area contributed by atoms with E-state index in [1.807, 2.05) is 6.07 Å². The van der Waals surface area contributed by atoms with Crippen molar-refractivity contribution in [3.05, 3.63) is 47.3 Å². The smallest absolute Gasteiger partial charge is 0.341 e. The molecule has 3 aromatic heterocycles. The predicted octanol–water partition coefficient (Wildman–Crippen LogP) is 3.25. The second-order valence-corrected chi connectivity index (χ2v) is 6.93. The van der Waals surface area contributed by atoms with Gasteiger partial charge in [-0.1, -0.05) is 5.16 Å². The number of nitrogens with one attached hydrogen (secondary N) is 1. The Morgan fingerprint density at radius 1 is 1.34 bits per heavy atom. The zero-order valence-corrected chi connectivity index (χ0v) is 15.6. The highest BCUT2D eigenvalue weighted by atomic mass is 19.4. The first-order chi connectivity index (χ1) is 13.7. The van der Waals surface area contributed by atoms with Crippen LogP contribution in [0.1, 0.15) is 59.4 Å². The van der Waals surface area contributed by atoms with Crippen LogP contribution in [0.25, 0.3) is 11.5 Å². The summed E-state index contributed by atoms with van der Waals surface area (Å²) in [6.45, 7) is 1.61. The van der Waals surface area contributed by atoms with Gasteiger partial charge in [-0.25, -0.2) is 0 Å². The van der Waals surface area contributed by atoms with Crippen molar-refractivity contribution in [2.45, 2.75) is 37.9 Å². The SMILES string of the molecule is CC(NC(=O)c1cc(C(F)(F)F)nn1C)c1noc(-c2ccnc(C3CC3)c2)n1. The van der Waals surface area contributed by atoms with Crippen molar-refractivity contribution in [3.63, 3.8) is 0 Å². The number of carbonyl (C=O) groups excluding carboxylic acids is 1. The molecular weight excluding hydrogens is 389 g/mol. The molecule has 0 aromatic carbocycles. The summed E-state index contributed by atoms with van der Waals surface area (Å²) in [5.74, 6) is 0.229. The number of halogens is 3. The van der Waals surface area contributed by atoms with E-state index < -0.39 is 23.8 Å². The zero-order chi connectivity index (χ0) is 20.8. The van der Waals surface area contributed by atoms with Gasteiger partial charge in [0.05, 0.1) is 6.04 Å². The van der Waals surface area contributed by atoms with Crippen LogP contribution in [0.15, 0.2) is 28.9 Å². The molecule has 1 saturated carbocycles. The van der Waals surface area contributed by atoms with Crippen molar-refractivity contribution in [1.29, 1.82) is 0 Å². The molecule has 11 heteroatoms. The molecule has 0 spiro atoms. The summed E-state index contributed by atoms with van der Waals surface area (Å²) in [6.07, 6.45) is -0.732. The first-order valence-electron chi connectivity index (χ1n) is 8.94. The molecule has 29 heavy (non-hydrogen) atoms. The minimum Gasteiger partial charge on any atom is -0.341 e. The van der Waals surface area contributed by atoms with Gasteiger partial charge in [-0.3, -0.25) is 14.5 Å². The van der Waals surface area contributed by atoms with Gasteiger partial charge in [-0.2, -0.15) is 23.3 Å². The lowest BCUT2D eigenvalue weighted by Crippen LogP contribution is -2.29. The van der Waals surface area contributed by atoms with Gasteiger partial charge >= 0.3 is 6.18 Å². The van der Waals surface area contributed by atoms with Crippen LogP contribution in [0, 0.1) is 0 Å². The Balaban J connectivity index is 1.48. The molecule has 1 fully saturated rings. The van der Waals surface area contributed by atoms with E-state index in [0.717, 1.165) is 28.8 Å². The minimum absolute atomic E-state index is 0.205. The predicted molar refractivity (Wildman–Crippen MR) is 93.6 cm³/mol. The molecule has 8 nitrogen and oxygen atoms in total. The van der Waals surface area contributed by atoms with E-state index in [0.29, 0.717) is 12.0 Å². The van der Waals surface area contributed by atoms with E-state index in [1.54, 1.807) is 19.2 Å². The van der Waals surface area contributed by atoms with Crippen LogP contribution in [-0.2, 0) is 13.2 Å². The second kappa shape index (κ2) is 6.98. The summed E-state index contributed by atoms with van der Waals surface area (Å²) in [5.41, 5.74) is 0.334. The van der Waals surface area contributed by atoms with E-state index in [1.165, 1.54) is 7.05 Å². The standard InChI is InChI=1S/C18H17F3N6O2/c1-9(23-16(28)13-8-14(18(19,20)21)25-27(13)2)15-24-17(29-26-15)11-5-6-22-12(7-11)10-3-4-10/h5-10H,3-4H2,1-2H3,(H,23,28). The highest BCUT2D eigenvalue weighted by molar-refractivity contribution is 5.92. The molecular formula is C18H17F3N6O2. The third-order valence-electron chi connectivity index (χ3n) is 4.60. The van der Waals surface area contributed by atoms with Crippen molar-refractivity contribution in [3.8, 4) is 11.5 Å². The van der Waals surface area contributed by atoms with Crippen LogP contribution in [-0.4, -0.2) is 30.8 Å². The van der Waals surface area contributed by atoms with Crippen molar-refractivity contribution < 1.29 is 22.5 Å². The molecule has 1 atom stereocenters. The highest BCUT2D eigenvalue weighted by Crippen LogP contribution is 2.39. The maximum Gasteiger partial charge on any atom is 0.435 e. The molecule has 152 valence electrons. The van der Waals surface area contributed by atoms with Crippen molar-refractivity contribution in [2.75, 3.05) is 0 Å². The normalized spacial score (nSPS) is 15.3. The number of rotatable bonds is 5. The number of amides is 1. The average molecular weight is 406 g/mol. The molecule has 0 radical (unpaired) electrons. The summed E-state index contributed by atoms with van der Waals surface area (Å²) in [6, 6.07) is 3.65. The van der Waals surface area contributed by atoms with Gasteiger partial charge in [-0.15, -0.1) is 0 Å². The lowest BCUT2D eigenvalue weighted by molar-refractivity contribution is -0.141. The van der Waals surface area contributed by atoms with E-state index in [4.69, 9.17) is 4.52 Å². The van der Waals surface area contributed by atoms with Crippen molar-refractivity contribution in [1.82, 2.24) is 30.2 Å². The van der Waals surface area contributed by atoms with Crippen LogP contribution in [0.2, 0.25) is 0 Å². The summed E-state index contributed by atoms with van der Waals surface area (Å²) in [4.78, 5) is 21.0. The second-order valence-electron chi connectivity index (χ2n) is 6.93. The van der Waals surface area contributed by atoms with Gasteiger partial charge in [0.2, 0.25) is 0 Å². The Bertz CT molecular complexity index is 1050. The first-order valence-corrected chi connectivity index (χ1v) is 8.94. The van der Waals surface area contributed by atoms with Crippen molar-refractivity contribution >= 4 is 5.91 Å². The van der Waals surface area contributed by atoms with Crippen LogP contribution < -0.4 is 5.32 Å². The molecule has 0 bridgehead atoms. The third-order valence-corrected chi connectivity index (χ3v) is 4.60. The van der Waals surface area contributed by atoms with Gasteiger partial charge in [-0.05, 0) is 31.9 Å². The summed E-state index contributed by atoms with van der Waals surface area (Å²) in [7, 11) is 1.27. The summed E-state index contributed by atoms with van der Waals surface area (Å²) < 4.78 is 44.5. The van der Waals surface area contributed by atoms with Gasteiger partial charge in [0.15, 0.2) is 11.5 Å². The molecule has 0 saturated heterocycles. The molecule has 0 aliphatic heterocycles. The number of aryl methyl sites for hydroxylation is 1. The lowest BCUT2D eigenvalue weighted by Gasteiger charge is -2.09. The third kappa shape index (κ3) is 3.98. The summed E-state index contributed by atoms with van der Waals surface area (Å²) >= 11 is 0. The number of pyridine rings is 1. The molecule has 1 unspecified atom stereocenters. The maximum atomic E-state index is 12.8. The Morgan fingerprint density at radius 3 is 2.76 bits per heavy atom. The number of alkyl halides is 3. The van der Waals surface area contributed by atoms with Crippen LogP contribution in [0.5, 0.6) is 0 Å². The van der Waals surface area contributed by atoms with Crippen LogP contribution >= 0.6 is 0 Å². The largest absolute Gasteiger partial charge is 0.435 e. The van der Waals surface area contributed by atoms with E-state index in [2.05, 4.69) is 25.5 Å². The fourth-order valence-corrected chi connectivity index (χ4v) is 2.87. The Morgan fingerprint density at radius 2 is 2.10 bits per heavy atom. The first kappa shape index (κ1) is 19.1. The number of hydrogen-bond donors (Lipinski definition) is 1. The molecule has 3 aromatic rings. The Kier molecular flexibility index (Phi) is 4.59. The van der Waals surface area contributed by atoms with Gasteiger partial charge in [0, 0.05) is 36.5 Å². The van der Waals surface area contributed by atoms with Gasteiger partial charge < -0.3 is 9.84 Å².